The van der Waals surface area contributed by atoms with Gasteiger partial charge in [-0.1, -0.05) is 33.3 Å². The van der Waals surface area contributed by atoms with Crippen molar-refractivity contribution in [3.05, 3.63) is 11.6 Å². The summed E-state index contributed by atoms with van der Waals surface area (Å²) >= 11 is 0. The predicted molar refractivity (Wildman–Crippen MR) is 67.2 cm³/mol. The third kappa shape index (κ3) is 1.74. The lowest BCUT2D eigenvalue weighted by Gasteiger charge is -2.47. The molecule has 0 spiro atoms. The highest BCUT2D eigenvalue weighted by Gasteiger charge is 2.44. The standard InChI is InChI=1S/C15H24O/c1-10(2)13-9-15(4)11(3)6-5-7-12(15)8-14(13)16/h8,10-11,13H,5-7,9H2,1-4H3/t11-,13+,15+/m0/s1. The molecular weight excluding hydrogens is 196 g/mol. The SMILES string of the molecule is CC(C)[C@H]1C[C@@]2(C)C(=CC1=O)CCC[C@@H]2C. The number of carbonyl (C=O) groups excluding carboxylic acids is 1. The van der Waals surface area contributed by atoms with Crippen LogP contribution in [0.15, 0.2) is 11.6 Å². The van der Waals surface area contributed by atoms with E-state index in [1.165, 1.54) is 18.4 Å². The molecule has 0 heterocycles. The van der Waals surface area contributed by atoms with Gasteiger partial charge in [-0.15, -0.1) is 0 Å². The first-order valence-corrected chi connectivity index (χ1v) is 6.70. The zero-order valence-electron chi connectivity index (χ0n) is 11.0. The van der Waals surface area contributed by atoms with Crippen LogP contribution < -0.4 is 0 Å². The molecule has 0 radical (unpaired) electrons. The van der Waals surface area contributed by atoms with E-state index in [9.17, 15) is 4.79 Å². The van der Waals surface area contributed by atoms with Crippen LogP contribution in [0.25, 0.3) is 0 Å². The maximum Gasteiger partial charge on any atom is 0.159 e. The van der Waals surface area contributed by atoms with Gasteiger partial charge in [0, 0.05) is 5.92 Å². The molecule has 0 bridgehead atoms. The van der Waals surface area contributed by atoms with Gasteiger partial charge in [-0.3, -0.25) is 4.79 Å². The van der Waals surface area contributed by atoms with Crippen LogP contribution in [0.4, 0.5) is 0 Å². The Hall–Kier alpha value is -0.590. The van der Waals surface area contributed by atoms with Crippen molar-refractivity contribution in [1.29, 1.82) is 0 Å². The molecule has 3 atom stereocenters. The van der Waals surface area contributed by atoms with Crippen LogP contribution in [0, 0.1) is 23.2 Å². The summed E-state index contributed by atoms with van der Waals surface area (Å²) in [6, 6.07) is 0. The van der Waals surface area contributed by atoms with Gasteiger partial charge < -0.3 is 0 Å². The lowest BCUT2D eigenvalue weighted by molar-refractivity contribution is -0.122. The molecule has 90 valence electrons. The molecule has 0 amide bonds. The summed E-state index contributed by atoms with van der Waals surface area (Å²) in [4.78, 5) is 12.1. The van der Waals surface area contributed by atoms with Gasteiger partial charge in [0.2, 0.25) is 0 Å². The molecule has 1 saturated carbocycles. The van der Waals surface area contributed by atoms with E-state index in [1.54, 1.807) is 0 Å². The van der Waals surface area contributed by atoms with Crippen molar-refractivity contribution in [2.24, 2.45) is 23.2 Å². The molecule has 0 aliphatic heterocycles. The molecule has 2 aliphatic rings. The Morgan fingerprint density at radius 2 is 2.12 bits per heavy atom. The van der Waals surface area contributed by atoms with Gasteiger partial charge in [-0.05, 0) is 49.0 Å². The minimum atomic E-state index is 0.259. The van der Waals surface area contributed by atoms with Crippen LogP contribution in [0.2, 0.25) is 0 Å². The third-order valence-electron chi connectivity index (χ3n) is 5.04. The highest BCUT2D eigenvalue weighted by molar-refractivity contribution is 5.94. The van der Waals surface area contributed by atoms with E-state index in [-0.39, 0.29) is 5.92 Å². The Labute approximate surface area is 99.3 Å². The zero-order chi connectivity index (χ0) is 11.9. The molecule has 1 fully saturated rings. The number of rotatable bonds is 1. The number of carbonyl (C=O) groups is 1. The first kappa shape index (κ1) is 11.9. The number of allylic oxidation sites excluding steroid dienone is 2. The second-order valence-corrected chi connectivity index (χ2v) is 6.34. The summed E-state index contributed by atoms with van der Waals surface area (Å²) in [6.45, 7) is 9.10. The van der Waals surface area contributed by atoms with Gasteiger partial charge in [0.1, 0.15) is 0 Å². The van der Waals surface area contributed by atoms with Crippen LogP contribution in [0.1, 0.15) is 53.4 Å². The Kier molecular flexibility index (Phi) is 2.98. The van der Waals surface area contributed by atoms with Crippen molar-refractivity contribution < 1.29 is 4.79 Å². The van der Waals surface area contributed by atoms with E-state index in [4.69, 9.17) is 0 Å². The molecule has 0 unspecified atom stereocenters. The van der Waals surface area contributed by atoms with Crippen LogP contribution in [-0.4, -0.2) is 5.78 Å². The second kappa shape index (κ2) is 4.01. The van der Waals surface area contributed by atoms with Gasteiger partial charge in [0.15, 0.2) is 5.78 Å². The van der Waals surface area contributed by atoms with Crippen LogP contribution in [0.3, 0.4) is 0 Å². The first-order chi connectivity index (χ1) is 7.45. The monoisotopic (exact) mass is 220 g/mol. The van der Waals surface area contributed by atoms with E-state index < -0.39 is 0 Å². The highest BCUT2D eigenvalue weighted by Crippen LogP contribution is 2.52. The molecular formula is C15H24O. The van der Waals surface area contributed by atoms with Crippen molar-refractivity contribution in [3.8, 4) is 0 Å². The van der Waals surface area contributed by atoms with E-state index in [0.717, 1.165) is 18.8 Å². The third-order valence-corrected chi connectivity index (χ3v) is 5.04. The molecule has 0 N–H and O–H groups in total. The fourth-order valence-electron chi connectivity index (χ4n) is 3.49. The average molecular weight is 220 g/mol. The quantitative estimate of drug-likeness (QED) is 0.653. The summed E-state index contributed by atoms with van der Waals surface area (Å²) in [5.74, 6) is 1.86. The lowest BCUT2D eigenvalue weighted by Crippen LogP contribution is -2.40. The van der Waals surface area contributed by atoms with E-state index in [0.29, 0.717) is 17.1 Å². The maximum absolute atomic E-state index is 12.1. The molecule has 1 heteroatoms. The van der Waals surface area contributed by atoms with Crippen LogP contribution in [0.5, 0.6) is 0 Å². The first-order valence-electron chi connectivity index (χ1n) is 6.70. The predicted octanol–water partition coefficient (Wildman–Crippen LogP) is 3.98. The van der Waals surface area contributed by atoms with Crippen molar-refractivity contribution in [2.45, 2.75) is 53.4 Å². The molecule has 2 aliphatic carbocycles. The van der Waals surface area contributed by atoms with Crippen molar-refractivity contribution in [1.82, 2.24) is 0 Å². The van der Waals surface area contributed by atoms with Crippen molar-refractivity contribution in [2.75, 3.05) is 0 Å². The van der Waals surface area contributed by atoms with Gasteiger partial charge in [0.25, 0.3) is 0 Å². The summed E-state index contributed by atoms with van der Waals surface area (Å²) in [6.07, 6.45) is 6.81. The molecule has 1 nitrogen and oxygen atoms in total. The summed E-state index contributed by atoms with van der Waals surface area (Å²) in [7, 11) is 0. The van der Waals surface area contributed by atoms with Crippen LogP contribution in [-0.2, 0) is 4.79 Å². The maximum atomic E-state index is 12.1. The normalized spacial score (nSPS) is 39.6. The van der Waals surface area contributed by atoms with Crippen molar-refractivity contribution in [3.63, 3.8) is 0 Å². The Balaban J connectivity index is 2.34. The molecule has 16 heavy (non-hydrogen) atoms. The van der Waals surface area contributed by atoms with Gasteiger partial charge in [-0.25, -0.2) is 0 Å². The lowest BCUT2D eigenvalue weighted by atomic mass is 9.57. The average Bonchev–Trinajstić information content (AvgIpc) is 2.20. The Bertz CT molecular complexity index is 326. The molecule has 0 aromatic heterocycles. The zero-order valence-corrected chi connectivity index (χ0v) is 11.0. The summed E-state index contributed by atoms with van der Waals surface area (Å²) < 4.78 is 0. The van der Waals surface area contributed by atoms with Gasteiger partial charge in [-0.2, -0.15) is 0 Å². The number of hydrogen-bond acceptors (Lipinski definition) is 1. The van der Waals surface area contributed by atoms with Crippen molar-refractivity contribution >= 4 is 5.78 Å². The second-order valence-electron chi connectivity index (χ2n) is 6.34. The van der Waals surface area contributed by atoms with Gasteiger partial charge >= 0.3 is 0 Å². The summed E-state index contributed by atoms with van der Waals surface area (Å²) in [5, 5.41) is 0. The van der Waals surface area contributed by atoms with Gasteiger partial charge in [0.05, 0.1) is 0 Å². The van der Waals surface area contributed by atoms with E-state index >= 15 is 0 Å². The number of hydrogen-bond donors (Lipinski definition) is 0. The highest BCUT2D eigenvalue weighted by atomic mass is 16.1. The minimum absolute atomic E-state index is 0.259. The smallest absolute Gasteiger partial charge is 0.159 e. The molecule has 2 rings (SSSR count). The molecule has 0 saturated heterocycles. The number of fused-ring (bicyclic) bond motifs is 1. The fraction of sp³-hybridized carbons (Fsp3) is 0.800. The van der Waals surface area contributed by atoms with E-state index in [1.807, 2.05) is 6.08 Å². The summed E-state index contributed by atoms with van der Waals surface area (Å²) in [5.41, 5.74) is 1.74. The largest absolute Gasteiger partial charge is 0.295 e. The molecule has 0 aromatic rings. The topological polar surface area (TPSA) is 17.1 Å². The minimum Gasteiger partial charge on any atom is -0.295 e. The van der Waals surface area contributed by atoms with E-state index in [2.05, 4.69) is 27.7 Å². The Morgan fingerprint density at radius 1 is 1.44 bits per heavy atom. The Morgan fingerprint density at radius 3 is 2.75 bits per heavy atom. The molecule has 0 aromatic carbocycles. The van der Waals surface area contributed by atoms with Crippen LogP contribution >= 0.6 is 0 Å². The fourth-order valence-corrected chi connectivity index (χ4v) is 3.49. The number of ketones is 1.